The highest BCUT2D eigenvalue weighted by Crippen LogP contribution is 2.32. The van der Waals surface area contributed by atoms with E-state index in [1.165, 1.54) is 0 Å². The monoisotopic (exact) mass is 401 g/mol. The van der Waals surface area contributed by atoms with Crippen LogP contribution in [0.1, 0.15) is 17.5 Å². The smallest absolute Gasteiger partial charge is 0.417 e. The molecule has 0 saturated heterocycles. The first kappa shape index (κ1) is 20.8. The molecule has 9 heteroatoms. The second kappa shape index (κ2) is 9.45. The van der Waals surface area contributed by atoms with Gasteiger partial charge in [-0.3, -0.25) is 4.79 Å². The van der Waals surface area contributed by atoms with Gasteiger partial charge in [0.05, 0.1) is 24.1 Å². The van der Waals surface area contributed by atoms with Gasteiger partial charge in [-0.25, -0.2) is 4.98 Å². The van der Waals surface area contributed by atoms with Gasteiger partial charge in [0, 0.05) is 19.3 Å². The number of alkyl halides is 3. The fourth-order valence-corrected chi connectivity index (χ4v) is 2.51. The largest absolute Gasteiger partial charge is 0.497 e. The first-order chi connectivity index (χ1) is 12.8. The maximum atomic E-state index is 12.6. The van der Waals surface area contributed by atoms with E-state index in [1.807, 2.05) is 12.1 Å². The second-order valence-electron chi connectivity index (χ2n) is 5.71. The molecule has 1 aromatic carbocycles. The van der Waals surface area contributed by atoms with Crippen LogP contribution < -0.4 is 15.4 Å². The summed E-state index contributed by atoms with van der Waals surface area (Å²) in [6.07, 6.45) is -2.97. The molecule has 1 amide bonds. The lowest BCUT2D eigenvalue weighted by Crippen LogP contribution is -2.27. The number of hydrogen-bond acceptors (Lipinski definition) is 4. The van der Waals surface area contributed by atoms with Crippen molar-refractivity contribution >= 4 is 23.3 Å². The third-order valence-electron chi connectivity index (χ3n) is 3.64. The van der Waals surface area contributed by atoms with Gasteiger partial charge in [-0.1, -0.05) is 23.7 Å². The third-order valence-corrected chi connectivity index (χ3v) is 3.92. The molecule has 2 rings (SSSR count). The summed E-state index contributed by atoms with van der Waals surface area (Å²) in [5, 5.41) is 5.52. The fourth-order valence-electron chi connectivity index (χ4n) is 2.28. The Morgan fingerprint density at radius 1 is 1.26 bits per heavy atom. The first-order valence-corrected chi connectivity index (χ1v) is 8.53. The van der Waals surface area contributed by atoms with Crippen LogP contribution in [0.25, 0.3) is 0 Å². The lowest BCUT2D eigenvalue weighted by atomic mass is 10.1. The molecule has 0 aliphatic heterocycles. The molecule has 0 unspecified atom stereocenters. The molecule has 2 aromatic rings. The van der Waals surface area contributed by atoms with Crippen molar-refractivity contribution in [2.24, 2.45) is 0 Å². The van der Waals surface area contributed by atoms with Crippen molar-refractivity contribution in [2.75, 3.05) is 25.5 Å². The zero-order valence-electron chi connectivity index (χ0n) is 14.6. The van der Waals surface area contributed by atoms with E-state index in [9.17, 15) is 18.0 Å². The first-order valence-electron chi connectivity index (χ1n) is 8.16. The molecule has 1 aromatic heterocycles. The maximum absolute atomic E-state index is 12.6. The number of amides is 1. The molecule has 0 spiro atoms. The Morgan fingerprint density at radius 3 is 2.70 bits per heavy atom. The van der Waals surface area contributed by atoms with Crippen LogP contribution in [-0.2, 0) is 17.4 Å². The highest BCUT2D eigenvalue weighted by molar-refractivity contribution is 6.32. The normalized spacial score (nSPS) is 11.1. The number of carbonyl (C=O) groups excluding carboxylic acids is 1. The number of aromatic nitrogens is 1. The molecule has 0 aliphatic rings. The van der Waals surface area contributed by atoms with E-state index < -0.39 is 11.7 Å². The lowest BCUT2D eigenvalue weighted by molar-refractivity contribution is -0.137. The van der Waals surface area contributed by atoms with Crippen LogP contribution in [0.4, 0.5) is 19.0 Å². The summed E-state index contributed by atoms with van der Waals surface area (Å²) in [5.74, 6) is 0.728. The summed E-state index contributed by atoms with van der Waals surface area (Å²) < 4.78 is 42.8. The molecule has 27 heavy (non-hydrogen) atoms. The van der Waals surface area contributed by atoms with Crippen LogP contribution in [0.3, 0.4) is 0 Å². The quantitative estimate of drug-likeness (QED) is 0.658. The molecular formula is C18H19ClF3N3O2. The molecule has 5 nitrogen and oxygen atoms in total. The number of nitrogens with one attached hydrogen (secondary N) is 2. The Balaban J connectivity index is 1.72. The van der Waals surface area contributed by atoms with Gasteiger partial charge >= 0.3 is 6.18 Å². The number of methoxy groups -OCH3 is 1. The number of carbonyl (C=O) groups is 1. The highest BCUT2D eigenvalue weighted by atomic mass is 35.5. The molecule has 0 saturated carbocycles. The summed E-state index contributed by atoms with van der Waals surface area (Å²) >= 11 is 5.81. The Bertz CT molecular complexity index is 785. The minimum absolute atomic E-state index is 0.105. The average Bonchev–Trinajstić information content (AvgIpc) is 2.62. The molecular weight excluding hydrogens is 383 g/mol. The van der Waals surface area contributed by atoms with Crippen LogP contribution in [0.5, 0.6) is 5.75 Å². The predicted molar refractivity (Wildman–Crippen MR) is 97.1 cm³/mol. The average molecular weight is 402 g/mol. The van der Waals surface area contributed by atoms with Gasteiger partial charge in [0.1, 0.15) is 11.6 Å². The van der Waals surface area contributed by atoms with Crippen molar-refractivity contribution in [2.45, 2.75) is 19.0 Å². The van der Waals surface area contributed by atoms with Crippen molar-refractivity contribution in [3.8, 4) is 5.75 Å². The minimum atomic E-state index is -4.48. The predicted octanol–water partition coefficient (Wildman–Crippen LogP) is 3.92. The van der Waals surface area contributed by atoms with Crippen LogP contribution in [0.15, 0.2) is 36.5 Å². The minimum Gasteiger partial charge on any atom is -0.497 e. The summed E-state index contributed by atoms with van der Waals surface area (Å²) in [7, 11) is 1.56. The van der Waals surface area contributed by atoms with Gasteiger partial charge in [0.15, 0.2) is 0 Å². The van der Waals surface area contributed by atoms with E-state index in [1.54, 1.807) is 19.2 Å². The molecule has 0 aliphatic carbocycles. The Hall–Kier alpha value is -2.48. The van der Waals surface area contributed by atoms with Crippen molar-refractivity contribution in [3.05, 3.63) is 52.7 Å². The molecule has 1 heterocycles. The van der Waals surface area contributed by atoms with Crippen molar-refractivity contribution in [1.82, 2.24) is 10.3 Å². The van der Waals surface area contributed by atoms with Crippen molar-refractivity contribution < 1.29 is 22.7 Å². The van der Waals surface area contributed by atoms with E-state index in [0.717, 1.165) is 17.8 Å². The van der Waals surface area contributed by atoms with E-state index in [0.29, 0.717) is 25.3 Å². The summed E-state index contributed by atoms with van der Waals surface area (Å²) in [6.45, 7) is 0.811. The number of ether oxygens (including phenoxy) is 1. The standard InChI is InChI=1S/C18H19ClF3N3O2/c1-27-14-5-2-4-12(8-14)9-16(26)23-6-3-7-24-17-15(19)10-13(11-25-17)18(20,21)22/h2,4-5,8,10-11H,3,6-7,9H2,1H3,(H,23,26)(H,24,25). The molecule has 0 bridgehead atoms. The fraction of sp³-hybridized carbons (Fsp3) is 0.333. The van der Waals surface area contributed by atoms with Crippen LogP contribution in [0.2, 0.25) is 5.02 Å². The molecule has 0 radical (unpaired) electrons. The van der Waals surface area contributed by atoms with Gasteiger partial charge in [-0.15, -0.1) is 0 Å². The SMILES string of the molecule is COc1cccc(CC(=O)NCCCNc2ncc(C(F)(F)F)cc2Cl)c1. The number of benzene rings is 1. The summed E-state index contributed by atoms with van der Waals surface area (Å²) in [6, 6.07) is 8.06. The lowest BCUT2D eigenvalue weighted by Gasteiger charge is -2.11. The summed E-state index contributed by atoms with van der Waals surface area (Å²) in [4.78, 5) is 15.6. The van der Waals surface area contributed by atoms with Gasteiger partial charge in [-0.05, 0) is 30.2 Å². The van der Waals surface area contributed by atoms with Crippen LogP contribution in [0, 0.1) is 0 Å². The second-order valence-corrected chi connectivity index (χ2v) is 6.12. The number of hydrogen-bond donors (Lipinski definition) is 2. The number of halogens is 4. The van der Waals surface area contributed by atoms with Gasteiger partial charge < -0.3 is 15.4 Å². The van der Waals surface area contributed by atoms with Crippen molar-refractivity contribution in [3.63, 3.8) is 0 Å². The number of anilines is 1. The zero-order valence-corrected chi connectivity index (χ0v) is 15.3. The number of rotatable bonds is 8. The van der Waals surface area contributed by atoms with E-state index in [2.05, 4.69) is 15.6 Å². The van der Waals surface area contributed by atoms with E-state index >= 15 is 0 Å². The Kier molecular flexibility index (Phi) is 7.29. The topological polar surface area (TPSA) is 63.2 Å². The van der Waals surface area contributed by atoms with E-state index in [4.69, 9.17) is 16.3 Å². The Morgan fingerprint density at radius 2 is 2.04 bits per heavy atom. The van der Waals surface area contributed by atoms with Gasteiger partial charge in [0.25, 0.3) is 0 Å². The molecule has 0 atom stereocenters. The van der Waals surface area contributed by atoms with Gasteiger partial charge in [0.2, 0.25) is 5.91 Å². The third kappa shape index (κ3) is 6.63. The van der Waals surface area contributed by atoms with Crippen LogP contribution in [-0.4, -0.2) is 31.1 Å². The molecule has 0 fully saturated rings. The van der Waals surface area contributed by atoms with Crippen molar-refractivity contribution in [1.29, 1.82) is 0 Å². The maximum Gasteiger partial charge on any atom is 0.417 e. The molecule has 2 N–H and O–H groups in total. The Labute approximate surface area is 159 Å². The van der Waals surface area contributed by atoms with Crippen LogP contribution >= 0.6 is 11.6 Å². The molecule has 146 valence electrons. The van der Waals surface area contributed by atoms with E-state index in [-0.39, 0.29) is 23.2 Å². The zero-order chi connectivity index (χ0) is 19.9. The summed E-state index contributed by atoms with van der Waals surface area (Å²) in [5.41, 5.74) is -0.0615. The number of pyridine rings is 1. The number of nitrogens with zero attached hydrogens (tertiary/aromatic N) is 1. The van der Waals surface area contributed by atoms with Gasteiger partial charge in [-0.2, -0.15) is 13.2 Å². The highest BCUT2D eigenvalue weighted by Gasteiger charge is 2.31.